The molecule has 0 aliphatic heterocycles. The highest BCUT2D eigenvalue weighted by atomic mass is 15.0. The van der Waals surface area contributed by atoms with Crippen LogP contribution in [0.25, 0.3) is 0 Å². The Morgan fingerprint density at radius 2 is 2.36 bits per heavy atom. The molecule has 0 bridgehead atoms. The highest BCUT2D eigenvalue weighted by Gasteiger charge is 2.38. The highest BCUT2D eigenvalue weighted by molar-refractivity contribution is 5.27. The van der Waals surface area contributed by atoms with Gasteiger partial charge in [0.2, 0.25) is 0 Å². The second kappa shape index (κ2) is 3.39. The fourth-order valence-corrected chi connectivity index (χ4v) is 2.07. The molecule has 0 saturated heterocycles. The van der Waals surface area contributed by atoms with Crippen LogP contribution in [0.15, 0.2) is 24.3 Å². The summed E-state index contributed by atoms with van der Waals surface area (Å²) in [6.07, 6.45) is 4.22. The van der Waals surface area contributed by atoms with Gasteiger partial charge in [0.1, 0.15) is 0 Å². The first kappa shape index (κ1) is 8.49. The van der Waals surface area contributed by atoms with Crippen molar-refractivity contribution in [3.63, 3.8) is 0 Å². The Balaban J connectivity index is 1.52. The van der Waals surface area contributed by atoms with Gasteiger partial charge in [0.25, 0.3) is 0 Å². The van der Waals surface area contributed by atoms with Crippen LogP contribution in [0.3, 0.4) is 0 Å². The van der Waals surface area contributed by atoms with Gasteiger partial charge in [-0.1, -0.05) is 24.3 Å². The van der Waals surface area contributed by atoms with Gasteiger partial charge < -0.3 is 5.32 Å². The monoisotopic (exact) mass is 186 g/mol. The number of benzene rings is 1. The normalized spacial score (nSPS) is 30.3. The van der Waals surface area contributed by atoms with Crippen LogP contribution in [0.1, 0.15) is 30.7 Å². The summed E-state index contributed by atoms with van der Waals surface area (Å²) in [7, 11) is 0. The predicted molar refractivity (Wildman–Crippen MR) is 57.2 cm³/mol. The van der Waals surface area contributed by atoms with Crippen molar-refractivity contribution >= 4 is 0 Å². The van der Waals surface area contributed by atoms with E-state index in [4.69, 9.17) is 0 Å². The van der Waals surface area contributed by atoms with E-state index in [0.717, 1.165) is 17.9 Å². The van der Waals surface area contributed by atoms with E-state index < -0.39 is 0 Å². The van der Waals surface area contributed by atoms with Crippen LogP contribution in [0.4, 0.5) is 0 Å². The molecule has 14 heavy (non-hydrogen) atoms. The molecule has 1 heteroatoms. The smallest absolute Gasteiger partial charge is 0.0143 e. The Hall–Kier alpha value is -0.820. The second-order valence-corrected chi connectivity index (χ2v) is 4.64. The van der Waals surface area contributed by atoms with E-state index in [1.54, 1.807) is 0 Å². The first-order valence-electron chi connectivity index (χ1n) is 5.63. The third kappa shape index (κ3) is 1.83. The molecular weight excluding hydrogens is 170 g/mol. The van der Waals surface area contributed by atoms with Gasteiger partial charge in [-0.15, -0.1) is 0 Å². The molecule has 1 N–H and O–H groups in total. The molecule has 2 atom stereocenters. The summed E-state index contributed by atoms with van der Waals surface area (Å²) in [4.78, 5) is 0. The lowest BCUT2D eigenvalue weighted by Gasteiger charge is -2.02. The summed E-state index contributed by atoms with van der Waals surface area (Å²) in [6, 6.07) is 12.3. The van der Waals surface area contributed by atoms with Crippen LogP contribution in [-0.4, -0.2) is 12.6 Å². The molecule has 0 aromatic heterocycles. The molecule has 0 heterocycles. The van der Waals surface area contributed by atoms with Gasteiger partial charge in [-0.3, -0.25) is 0 Å². The topological polar surface area (TPSA) is 12.0 Å². The van der Waals surface area contributed by atoms with E-state index >= 15 is 0 Å². The van der Waals surface area contributed by atoms with Crippen molar-refractivity contribution in [2.75, 3.05) is 6.54 Å². The molecule has 0 spiro atoms. The average molecular weight is 186 g/mol. The lowest BCUT2D eigenvalue weighted by molar-refractivity contribution is 0.625. The van der Waals surface area contributed by atoms with E-state index in [0.29, 0.717) is 0 Å². The summed E-state index contributed by atoms with van der Waals surface area (Å²) in [6.45, 7) is 1.25. The van der Waals surface area contributed by atoms with Crippen LogP contribution in [0.2, 0.25) is 0 Å². The maximum atomic E-state index is 3.65. The van der Waals surface area contributed by atoms with Crippen LogP contribution in [0.5, 0.6) is 0 Å². The van der Waals surface area contributed by atoms with Crippen LogP contribution >= 0.6 is 0 Å². The molecule has 0 unspecified atom stereocenters. The Morgan fingerprint density at radius 3 is 3.07 bits per heavy atom. The third-order valence-corrected chi connectivity index (χ3v) is 3.32. The molecule has 73 valence electrons. The van der Waals surface area contributed by atoms with Gasteiger partial charge in [-0.2, -0.15) is 0 Å². The number of nitrogens with one attached hydrogen (secondary N) is 1. The zero-order chi connectivity index (χ0) is 9.38. The van der Waals surface area contributed by atoms with Crippen molar-refractivity contribution in [3.05, 3.63) is 35.9 Å². The Labute approximate surface area is 85.5 Å². The van der Waals surface area contributed by atoms with Gasteiger partial charge in [-0.25, -0.2) is 0 Å². The molecule has 2 aliphatic rings. The number of hydrogen-bond donors (Lipinski definition) is 1. The molecule has 1 radical (unpaired) electrons. The fraction of sp³-hybridized carbons (Fsp3) is 0.538. The summed E-state index contributed by atoms with van der Waals surface area (Å²) >= 11 is 0. The summed E-state index contributed by atoms with van der Waals surface area (Å²) in [5.41, 5.74) is 1.46. The van der Waals surface area contributed by atoms with Crippen molar-refractivity contribution in [2.24, 2.45) is 5.92 Å². The quantitative estimate of drug-likeness (QED) is 0.761. The van der Waals surface area contributed by atoms with Crippen LogP contribution in [-0.2, 0) is 0 Å². The van der Waals surface area contributed by atoms with Crippen LogP contribution < -0.4 is 5.32 Å². The van der Waals surface area contributed by atoms with E-state index in [2.05, 4.69) is 29.6 Å². The third-order valence-electron chi connectivity index (χ3n) is 3.32. The SMILES string of the molecule is [c]1cccc([C@@H]2C[C@H]2NCC2CC2)c1. The van der Waals surface area contributed by atoms with Gasteiger partial charge >= 0.3 is 0 Å². The zero-order valence-corrected chi connectivity index (χ0v) is 8.37. The zero-order valence-electron chi connectivity index (χ0n) is 8.37. The largest absolute Gasteiger partial charge is 0.313 e. The van der Waals surface area contributed by atoms with E-state index in [1.165, 1.54) is 31.4 Å². The lowest BCUT2D eigenvalue weighted by atomic mass is 10.1. The van der Waals surface area contributed by atoms with Crippen molar-refractivity contribution < 1.29 is 0 Å². The maximum Gasteiger partial charge on any atom is 0.0143 e. The van der Waals surface area contributed by atoms with E-state index in [9.17, 15) is 0 Å². The Kier molecular flexibility index (Phi) is 2.06. The minimum atomic E-state index is 0.756. The first-order valence-corrected chi connectivity index (χ1v) is 5.63. The second-order valence-electron chi connectivity index (χ2n) is 4.64. The molecule has 1 aromatic carbocycles. The molecule has 2 aliphatic carbocycles. The highest BCUT2D eigenvalue weighted by Crippen LogP contribution is 2.41. The Bertz CT molecular complexity index is 302. The molecule has 3 rings (SSSR count). The van der Waals surface area contributed by atoms with Crippen LogP contribution in [0, 0.1) is 12.0 Å². The summed E-state index contributed by atoms with van der Waals surface area (Å²) < 4.78 is 0. The summed E-state index contributed by atoms with van der Waals surface area (Å²) in [5.74, 6) is 1.77. The molecule has 1 aromatic rings. The van der Waals surface area contributed by atoms with Crippen molar-refractivity contribution in [3.8, 4) is 0 Å². The van der Waals surface area contributed by atoms with Gasteiger partial charge in [-0.05, 0) is 43.4 Å². The first-order chi connectivity index (χ1) is 6.93. The number of hydrogen-bond acceptors (Lipinski definition) is 1. The van der Waals surface area contributed by atoms with Gasteiger partial charge in [0.15, 0.2) is 0 Å². The summed E-state index contributed by atoms with van der Waals surface area (Å²) in [5, 5.41) is 3.65. The molecule has 1 nitrogen and oxygen atoms in total. The molecule has 0 amide bonds. The van der Waals surface area contributed by atoms with E-state index in [-0.39, 0.29) is 0 Å². The molecule has 2 saturated carbocycles. The van der Waals surface area contributed by atoms with Crippen molar-refractivity contribution in [1.29, 1.82) is 0 Å². The Morgan fingerprint density at radius 1 is 1.43 bits per heavy atom. The van der Waals surface area contributed by atoms with E-state index in [1.807, 2.05) is 6.07 Å². The minimum Gasteiger partial charge on any atom is -0.313 e. The molecular formula is C13H16N. The van der Waals surface area contributed by atoms with Gasteiger partial charge in [0, 0.05) is 12.0 Å². The van der Waals surface area contributed by atoms with Crippen molar-refractivity contribution in [1.82, 2.24) is 5.32 Å². The number of rotatable bonds is 4. The van der Waals surface area contributed by atoms with Crippen molar-refractivity contribution in [2.45, 2.75) is 31.2 Å². The average Bonchev–Trinajstić information content (AvgIpc) is 3.12. The molecule has 2 fully saturated rings. The standard InChI is InChI=1S/C13H16N/c1-2-4-11(5-3-1)12-8-13(12)14-9-10-6-7-10/h1-2,4-5,10,12-14H,6-9H2/t12-,13+/m0/s1. The fourth-order valence-electron chi connectivity index (χ4n) is 2.07. The lowest BCUT2D eigenvalue weighted by Crippen LogP contribution is -2.20. The van der Waals surface area contributed by atoms with Gasteiger partial charge in [0.05, 0.1) is 0 Å². The maximum absolute atomic E-state index is 3.65. The minimum absolute atomic E-state index is 0.756. The predicted octanol–water partition coefficient (Wildman–Crippen LogP) is 2.34.